The summed E-state index contributed by atoms with van der Waals surface area (Å²) in [6.07, 6.45) is 0. The molecule has 2 rings (SSSR count). The van der Waals surface area contributed by atoms with Gasteiger partial charge in [-0.2, -0.15) is 0 Å². The molecule has 0 atom stereocenters. The van der Waals surface area contributed by atoms with Gasteiger partial charge in [-0.05, 0) is 68.9 Å². The Morgan fingerprint density at radius 3 is 2.39 bits per heavy atom. The second-order valence-electron chi connectivity index (χ2n) is 3.68. The van der Waals surface area contributed by atoms with Gasteiger partial charge in [0.15, 0.2) is 0 Å². The number of anilines is 1. The van der Waals surface area contributed by atoms with Gasteiger partial charge in [0.05, 0.1) is 0 Å². The maximum atomic E-state index is 13.4. The van der Waals surface area contributed by atoms with Crippen LogP contribution in [-0.4, -0.2) is 0 Å². The van der Waals surface area contributed by atoms with Crippen LogP contribution in [0.3, 0.4) is 0 Å². The Hall–Kier alpha value is -0.690. The number of hydrogen-bond acceptors (Lipinski definition) is 1. The van der Waals surface area contributed by atoms with Gasteiger partial charge < -0.3 is 5.32 Å². The molecule has 0 fully saturated rings. The summed E-state index contributed by atoms with van der Waals surface area (Å²) in [6, 6.07) is 9.58. The Kier molecular flexibility index (Phi) is 4.55. The monoisotopic (exact) mass is 423 g/mol. The van der Waals surface area contributed by atoms with E-state index in [2.05, 4.69) is 43.8 Å². The van der Waals surface area contributed by atoms with Crippen molar-refractivity contribution in [3.05, 3.63) is 61.6 Å². The van der Waals surface area contributed by atoms with E-state index < -0.39 is 11.6 Å². The van der Waals surface area contributed by atoms with Gasteiger partial charge in [-0.25, -0.2) is 8.78 Å². The molecule has 0 aliphatic carbocycles. The van der Waals surface area contributed by atoms with Crippen LogP contribution >= 0.6 is 38.5 Å². The van der Waals surface area contributed by atoms with Gasteiger partial charge in [0.1, 0.15) is 11.6 Å². The third-order valence-electron chi connectivity index (χ3n) is 2.45. The Labute approximate surface area is 126 Å². The first-order chi connectivity index (χ1) is 8.58. The lowest BCUT2D eigenvalue weighted by Crippen LogP contribution is -2.05. The quantitative estimate of drug-likeness (QED) is 0.689. The second kappa shape index (κ2) is 5.97. The molecule has 0 amide bonds. The van der Waals surface area contributed by atoms with Crippen LogP contribution in [0, 0.1) is 15.2 Å². The zero-order chi connectivity index (χ0) is 13.1. The summed E-state index contributed by atoms with van der Waals surface area (Å²) in [7, 11) is 0. The Morgan fingerprint density at radius 2 is 1.78 bits per heavy atom. The fourth-order valence-corrected chi connectivity index (χ4v) is 2.96. The molecule has 18 heavy (non-hydrogen) atoms. The van der Waals surface area contributed by atoms with Crippen LogP contribution in [0.5, 0.6) is 0 Å². The lowest BCUT2D eigenvalue weighted by molar-refractivity contribution is 0.560. The van der Waals surface area contributed by atoms with E-state index in [1.54, 1.807) is 0 Å². The SMILES string of the molecule is Fc1cccc(F)c1CNc1ccc(I)cc1Br. The van der Waals surface area contributed by atoms with Crippen molar-refractivity contribution in [3.8, 4) is 0 Å². The van der Waals surface area contributed by atoms with Crippen molar-refractivity contribution in [2.24, 2.45) is 0 Å². The summed E-state index contributed by atoms with van der Waals surface area (Å²) < 4.78 is 28.8. The Balaban J connectivity index is 2.16. The molecule has 94 valence electrons. The molecule has 0 radical (unpaired) electrons. The fraction of sp³-hybridized carbons (Fsp3) is 0.0769. The first kappa shape index (κ1) is 13.7. The van der Waals surface area contributed by atoms with Crippen LogP contribution in [-0.2, 0) is 6.54 Å². The van der Waals surface area contributed by atoms with Crippen molar-refractivity contribution in [2.45, 2.75) is 6.54 Å². The van der Waals surface area contributed by atoms with Crippen molar-refractivity contribution in [1.82, 2.24) is 0 Å². The minimum absolute atomic E-state index is 0.0444. The Bertz CT molecular complexity index is 555. The lowest BCUT2D eigenvalue weighted by Gasteiger charge is -2.10. The summed E-state index contributed by atoms with van der Waals surface area (Å²) >= 11 is 5.60. The van der Waals surface area contributed by atoms with E-state index >= 15 is 0 Å². The van der Waals surface area contributed by atoms with Crippen molar-refractivity contribution in [1.29, 1.82) is 0 Å². The van der Waals surface area contributed by atoms with Crippen LogP contribution in [0.25, 0.3) is 0 Å². The molecule has 2 aromatic carbocycles. The number of hydrogen-bond donors (Lipinski definition) is 1. The largest absolute Gasteiger partial charge is 0.380 e. The number of halogens is 4. The van der Waals surface area contributed by atoms with E-state index in [4.69, 9.17) is 0 Å². The molecular weight excluding hydrogens is 415 g/mol. The fourth-order valence-electron chi connectivity index (χ4n) is 1.52. The molecule has 0 unspecified atom stereocenters. The molecule has 1 nitrogen and oxygen atoms in total. The molecule has 0 spiro atoms. The van der Waals surface area contributed by atoms with E-state index in [0.717, 1.165) is 13.7 Å². The zero-order valence-electron chi connectivity index (χ0n) is 9.18. The van der Waals surface area contributed by atoms with Crippen LogP contribution in [0.15, 0.2) is 40.9 Å². The standard InChI is InChI=1S/C13H9BrF2IN/c14-10-6-8(17)4-5-13(10)18-7-9-11(15)2-1-3-12(9)16/h1-6,18H,7H2. The molecule has 0 saturated carbocycles. The molecule has 0 aliphatic heterocycles. The predicted molar refractivity (Wildman–Crippen MR) is 80.5 cm³/mol. The number of benzene rings is 2. The molecule has 1 N–H and O–H groups in total. The Morgan fingerprint density at radius 1 is 1.11 bits per heavy atom. The molecular formula is C13H9BrF2IN. The van der Waals surface area contributed by atoms with Gasteiger partial charge in [-0.15, -0.1) is 0 Å². The van der Waals surface area contributed by atoms with Gasteiger partial charge in [0, 0.05) is 25.8 Å². The normalized spacial score (nSPS) is 10.4. The smallest absolute Gasteiger partial charge is 0.131 e. The summed E-state index contributed by atoms with van der Waals surface area (Å²) in [5.41, 5.74) is 0.848. The molecule has 0 bridgehead atoms. The maximum Gasteiger partial charge on any atom is 0.131 e. The van der Waals surface area contributed by atoms with Crippen LogP contribution in [0.2, 0.25) is 0 Å². The molecule has 5 heteroatoms. The number of rotatable bonds is 3. The predicted octanol–water partition coefficient (Wildman–Crippen LogP) is 4.94. The van der Waals surface area contributed by atoms with Crippen molar-refractivity contribution in [3.63, 3.8) is 0 Å². The van der Waals surface area contributed by atoms with Crippen molar-refractivity contribution >= 4 is 44.2 Å². The molecule has 2 aromatic rings. The highest BCUT2D eigenvalue weighted by molar-refractivity contribution is 14.1. The topological polar surface area (TPSA) is 12.0 Å². The van der Waals surface area contributed by atoms with Gasteiger partial charge in [-0.1, -0.05) is 6.07 Å². The van der Waals surface area contributed by atoms with E-state index in [1.807, 2.05) is 18.2 Å². The van der Waals surface area contributed by atoms with Gasteiger partial charge in [-0.3, -0.25) is 0 Å². The average molecular weight is 424 g/mol. The lowest BCUT2D eigenvalue weighted by atomic mass is 10.2. The maximum absolute atomic E-state index is 13.4. The highest BCUT2D eigenvalue weighted by atomic mass is 127. The molecule has 0 saturated heterocycles. The third-order valence-corrected chi connectivity index (χ3v) is 3.78. The number of nitrogens with one attached hydrogen (secondary N) is 1. The van der Waals surface area contributed by atoms with Crippen molar-refractivity contribution in [2.75, 3.05) is 5.32 Å². The highest BCUT2D eigenvalue weighted by Crippen LogP contribution is 2.25. The minimum Gasteiger partial charge on any atom is -0.380 e. The van der Waals surface area contributed by atoms with Crippen LogP contribution in [0.4, 0.5) is 14.5 Å². The first-order valence-electron chi connectivity index (χ1n) is 5.20. The molecule has 0 aromatic heterocycles. The molecule has 0 heterocycles. The van der Waals surface area contributed by atoms with Crippen LogP contribution in [0.1, 0.15) is 5.56 Å². The minimum atomic E-state index is -0.538. The summed E-state index contributed by atoms with van der Waals surface area (Å²) in [5, 5.41) is 3.01. The summed E-state index contributed by atoms with van der Waals surface area (Å²) in [5.74, 6) is -1.08. The third kappa shape index (κ3) is 3.20. The van der Waals surface area contributed by atoms with E-state index in [0.29, 0.717) is 0 Å². The average Bonchev–Trinajstić information content (AvgIpc) is 2.31. The summed E-state index contributed by atoms with van der Waals surface area (Å²) in [4.78, 5) is 0. The van der Waals surface area contributed by atoms with Gasteiger partial charge in [0.2, 0.25) is 0 Å². The highest BCUT2D eigenvalue weighted by Gasteiger charge is 2.08. The van der Waals surface area contributed by atoms with E-state index in [9.17, 15) is 8.78 Å². The first-order valence-corrected chi connectivity index (χ1v) is 7.07. The molecule has 0 aliphatic rings. The van der Waals surface area contributed by atoms with Gasteiger partial charge in [0.25, 0.3) is 0 Å². The second-order valence-corrected chi connectivity index (χ2v) is 5.78. The van der Waals surface area contributed by atoms with Crippen molar-refractivity contribution < 1.29 is 8.78 Å². The summed E-state index contributed by atoms with van der Waals surface area (Å²) in [6.45, 7) is 0.109. The zero-order valence-corrected chi connectivity index (χ0v) is 12.9. The van der Waals surface area contributed by atoms with E-state index in [1.165, 1.54) is 18.2 Å². The van der Waals surface area contributed by atoms with Gasteiger partial charge >= 0.3 is 0 Å². The van der Waals surface area contributed by atoms with Crippen LogP contribution < -0.4 is 5.32 Å². The van der Waals surface area contributed by atoms with E-state index in [-0.39, 0.29) is 12.1 Å².